The van der Waals surface area contributed by atoms with Crippen LogP contribution in [0.1, 0.15) is 6.42 Å². The second-order valence-corrected chi connectivity index (χ2v) is 5.88. The van der Waals surface area contributed by atoms with Gasteiger partial charge in [0.15, 0.2) is 0 Å². The fourth-order valence-electron chi connectivity index (χ4n) is 2.40. The summed E-state index contributed by atoms with van der Waals surface area (Å²) in [4.78, 5) is 6.81. The molecule has 0 aliphatic carbocycles. The van der Waals surface area contributed by atoms with Gasteiger partial charge < -0.3 is 15.0 Å². The molecular formula is C13H19N3OS. The third kappa shape index (κ3) is 2.72. The summed E-state index contributed by atoms with van der Waals surface area (Å²) in [7, 11) is 0. The van der Waals surface area contributed by atoms with Gasteiger partial charge in [-0.2, -0.15) is 11.8 Å². The summed E-state index contributed by atoms with van der Waals surface area (Å²) in [6.45, 7) is 4.17. The van der Waals surface area contributed by atoms with E-state index < -0.39 is 0 Å². The normalized spacial score (nSPS) is 24.2. The number of hydrogen-bond donors (Lipinski definition) is 1. The van der Waals surface area contributed by atoms with E-state index in [0.717, 1.165) is 44.2 Å². The Bertz CT molecular complexity index is 390. The van der Waals surface area contributed by atoms with E-state index in [-0.39, 0.29) is 6.10 Å². The van der Waals surface area contributed by atoms with Crippen LogP contribution in [-0.2, 0) is 0 Å². The molecule has 0 spiro atoms. The Labute approximate surface area is 112 Å². The van der Waals surface area contributed by atoms with Crippen molar-refractivity contribution in [2.75, 3.05) is 42.6 Å². The maximum absolute atomic E-state index is 6.04. The molecule has 0 bridgehead atoms. The molecule has 2 aliphatic heterocycles. The van der Waals surface area contributed by atoms with Crippen molar-refractivity contribution < 1.29 is 4.74 Å². The smallest absolute Gasteiger partial charge is 0.237 e. The zero-order valence-electron chi connectivity index (χ0n) is 10.5. The van der Waals surface area contributed by atoms with Crippen molar-refractivity contribution in [3.05, 3.63) is 18.3 Å². The highest BCUT2D eigenvalue weighted by Gasteiger charge is 2.21. The van der Waals surface area contributed by atoms with Gasteiger partial charge in [0.05, 0.1) is 5.69 Å². The van der Waals surface area contributed by atoms with E-state index in [9.17, 15) is 0 Å². The van der Waals surface area contributed by atoms with Crippen molar-refractivity contribution in [3.63, 3.8) is 0 Å². The lowest BCUT2D eigenvalue weighted by Crippen LogP contribution is -2.33. The molecule has 2 fully saturated rings. The lowest BCUT2D eigenvalue weighted by molar-refractivity contribution is 0.214. The van der Waals surface area contributed by atoms with Gasteiger partial charge in [-0.1, -0.05) is 0 Å². The highest BCUT2D eigenvalue weighted by atomic mass is 32.2. The third-order valence-electron chi connectivity index (χ3n) is 3.40. The molecule has 4 nitrogen and oxygen atoms in total. The molecule has 1 aromatic rings. The third-order valence-corrected chi connectivity index (χ3v) is 4.34. The first-order valence-electron chi connectivity index (χ1n) is 6.58. The van der Waals surface area contributed by atoms with Crippen LogP contribution in [0.2, 0.25) is 0 Å². The van der Waals surface area contributed by atoms with E-state index in [1.165, 1.54) is 11.5 Å². The van der Waals surface area contributed by atoms with Gasteiger partial charge in [-0.3, -0.25) is 0 Å². The minimum atomic E-state index is 0.276. The number of anilines is 1. The van der Waals surface area contributed by atoms with Crippen molar-refractivity contribution in [3.8, 4) is 5.88 Å². The van der Waals surface area contributed by atoms with Crippen molar-refractivity contribution in [2.24, 2.45) is 0 Å². The summed E-state index contributed by atoms with van der Waals surface area (Å²) >= 11 is 2.02. The average molecular weight is 265 g/mol. The van der Waals surface area contributed by atoms with Crippen LogP contribution in [0.5, 0.6) is 5.88 Å². The molecule has 1 N–H and O–H groups in total. The number of ether oxygens (including phenoxy) is 1. The van der Waals surface area contributed by atoms with Crippen molar-refractivity contribution >= 4 is 17.4 Å². The molecule has 3 rings (SSSR count). The predicted octanol–water partition coefficient (Wildman–Crippen LogP) is 1.38. The van der Waals surface area contributed by atoms with Crippen molar-refractivity contribution in [1.82, 2.24) is 10.3 Å². The highest BCUT2D eigenvalue weighted by Crippen LogP contribution is 2.29. The molecular weight excluding hydrogens is 246 g/mol. The zero-order valence-corrected chi connectivity index (χ0v) is 11.3. The number of thioether (sulfide) groups is 1. The number of nitrogens with one attached hydrogen (secondary N) is 1. The molecule has 5 heteroatoms. The van der Waals surface area contributed by atoms with Crippen LogP contribution in [0.4, 0.5) is 5.69 Å². The quantitative estimate of drug-likeness (QED) is 0.893. The van der Waals surface area contributed by atoms with Gasteiger partial charge in [-0.05, 0) is 25.1 Å². The number of nitrogens with zero attached hydrogens (tertiary/aromatic N) is 2. The Morgan fingerprint density at radius 1 is 1.39 bits per heavy atom. The van der Waals surface area contributed by atoms with Crippen LogP contribution >= 0.6 is 11.8 Å². The lowest BCUT2D eigenvalue weighted by Gasteiger charge is -2.29. The summed E-state index contributed by atoms with van der Waals surface area (Å²) in [6.07, 6.45) is 3.17. The molecule has 0 aromatic carbocycles. The number of rotatable bonds is 3. The van der Waals surface area contributed by atoms with E-state index in [1.807, 2.05) is 24.0 Å². The minimum Gasteiger partial charge on any atom is -0.471 e. The Morgan fingerprint density at radius 2 is 2.28 bits per heavy atom. The summed E-state index contributed by atoms with van der Waals surface area (Å²) in [6, 6.07) is 4.12. The van der Waals surface area contributed by atoms with Crippen LogP contribution in [-0.4, -0.2) is 48.8 Å². The van der Waals surface area contributed by atoms with Gasteiger partial charge in [0.2, 0.25) is 5.88 Å². The second kappa shape index (κ2) is 5.80. The first-order chi connectivity index (χ1) is 8.93. The van der Waals surface area contributed by atoms with E-state index in [2.05, 4.69) is 21.3 Å². The molecule has 3 heterocycles. The van der Waals surface area contributed by atoms with Crippen LogP contribution in [0.25, 0.3) is 0 Å². The predicted molar refractivity (Wildman–Crippen MR) is 75.7 cm³/mol. The van der Waals surface area contributed by atoms with Crippen molar-refractivity contribution in [1.29, 1.82) is 0 Å². The van der Waals surface area contributed by atoms with Gasteiger partial charge in [0, 0.05) is 37.3 Å². The van der Waals surface area contributed by atoms with E-state index in [1.54, 1.807) is 0 Å². The Morgan fingerprint density at radius 3 is 3.06 bits per heavy atom. The van der Waals surface area contributed by atoms with E-state index in [0.29, 0.717) is 0 Å². The standard InChI is InChI=1S/C13H19N3OS/c1-2-12(16-6-8-18-9-7-16)13(15-4-1)17-11-3-5-14-10-11/h1-2,4,11,14H,3,5-10H2. The van der Waals surface area contributed by atoms with Crippen LogP contribution < -0.4 is 15.0 Å². The molecule has 2 saturated heterocycles. The number of pyridine rings is 1. The molecule has 0 amide bonds. The summed E-state index contributed by atoms with van der Waals surface area (Å²) in [5.74, 6) is 3.19. The minimum absolute atomic E-state index is 0.276. The van der Waals surface area contributed by atoms with Crippen LogP contribution in [0.15, 0.2) is 18.3 Å². The molecule has 98 valence electrons. The Hall–Kier alpha value is -0.940. The maximum atomic E-state index is 6.04. The average Bonchev–Trinajstić information content (AvgIpc) is 2.93. The molecule has 1 unspecified atom stereocenters. The fourth-order valence-corrected chi connectivity index (χ4v) is 3.31. The first kappa shape index (κ1) is 12.1. The molecule has 1 atom stereocenters. The molecule has 0 saturated carbocycles. The monoisotopic (exact) mass is 265 g/mol. The lowest BCUT2D eigenvalue weighted by atomic mass is 10.3. The molecule has 2 aliphatic rings. The number of aromatic nitrogens is 1. The molecule has 18 heavy (non-hydrogen) atoms. The summed E-state index contributed by atoms with van der Waals surface area (Å²) < 4.78 is 6.04. The second-order valence-electron chi connectivity index (χ2n) is 4.66. The first-order valence-corrected chi connectivity index (χ1v) is 7.74. The van der Waals surface area contributed by atoms with Crippen LogP contribution in [0, 0.1) is 0 Å². The van der Waals surface area contributed by atoms with Gasteiger partial charge in [-0.25, -0.2) is 4.98 Å². The van der Waals surface area contributed by atoms with Gasteiger partial charge >= 0.3 is 0 Å². The van der Waals surface area contributed by atoms with Gasteiger partial charge in [0.1, 0.15) is 6.10 Å². The molecule has 1 aromatic heterocycles. The zero-order chi connectivity index (χ0) is 12.2. The largest absolute Gasteiger partial charge is 0.471 e. The fraction of sp³-hybridized carbons (Fsp3) is 0.615. The maximum Gasteiger partial charge on any atom is 0.237 e. The topological polar surface area (TPSA) is 37.4 Å². The molecule has 0 radical (unpaired) electrons. The Balaban J connectivity index is 1.75. The van der Waals surface area contributed by atoms with E-state index >= 15 is 0 Å². The SMILES string of the molecule is c1cnc(OC2CCNC2)c(N2CCSCC2)c1. The van der Waals surface area contributed by atoms with Crippen molar-refractivity contribution in [2.45, 2.75) is 12.5 Å². The number of hydrogen-bond acceptors (Lipinski definition) is 5. The van der Waals surface area contributed by atoms with Gasteiger partial charge in [0.25, 0.3) is 0 Å². The summed E-state index contributed by atoms with van der Waals surface area (Å²) in [5.41, 5.74) is 1.16. The highest BCUT2D eigenvalue weighted by molar-refractivity contribution is 7.99. The summed E-state index contributed by atoms with van der Waals surface area (Å²) in [5, 5.41) is 3.32. The van der Waals surface area contributed by atoms with Gasteiger partial charge in [-0.15, -0.1) is 0 Å². The Kier molecular flexibility index (Phi) is 3.90. The van der Waals surface area contributed by atoms with Crippen LogP contribution in [0.3, 0.4) is 0 Å². The van der Waals surface area contributed by atoms with E-state index in [4.69, 9.17) is 4.74 Å².